The first-order valence-electron chi connectivity index (χ1n) is 7.64. The van der Waals surface area contributed by atoms with Crippen LogP contribution in [-0.4, -0.2) is 17.7 Å². The third kappa shape index (κ3) is 4.49. The monoisotopic (exact) mass is 404 g/mol. The Bertz CT molecular complexity index is 888. The van der Waals surface area contributed by atoms with E-state index >= 15 is 0 Å². The predicted octanol–water partition coefficient (Wildman–Crippen LogP) is 5.45. The molecule has 26 heavy (non-hydrogen) atoms. The van der Waals surface area contributed by atoms with Crippen LogP contribution in [0.4, 0.5) is 5.69 Å². The normalized spacial score (nSPS) is 16.8. The molecular formula is C19H14Cl2N2O2S. The van der Waals surface area contributed by atoms with E-state index in [2.05, 4.69) is 16.9 Å². The number of para-hydroxylation sites is 1. The summed E-state index contributed by atoms with van der Waals surface area (Å²) in [5.74, 6) is 0.175. The number of amides is 1. The van der Waals surface area contributed by atoms with Crippen LogP contribution in [0.2, 0.25) is 10.0 Å². The second-order valence-electron chi connectivity index (χ2n) is 5.23. The molecule has 1 saturated heterocycles. The minimum atomic E-state index is -0.219. The highest BCUT2D eigenvalue weighted by Gasteiger charge is 2.24. The van der Waals surface area contributed by atoms with Crippen molar-refractivity contribution in [1.29, 1.82) is 0 Å². The molecule has 2 aromatic rings. The van der Waals surface area contributed by atoms with Gasteiger partial charge in [-0.2, -0.15) is 0 Å². The number of carbonyl (C=O) groups is 1. The quantitative estimate of drug-likeness (QED) is 0.532. The smallest absolute Gasteiger partial charge is 0.264 e. The lowest BCUT2D eigenvalue weighted by molar-refractivity contribution is -0.115. The van der Waals surface area contributed by atoms with Crippen LogP contribution in [0.15, 0.2) is 65.0 Å². The molecule has 0 atom stereocenters. The molecule has 0 saturated carbocycles. The number of hydrogen-bond acceptors (Lipinski definition) is 4. The number of halogens is 2. The van der Waals surface area contributed by atoms with Crippen molar-refractivity contribution in [2.75, 3.05) is 6.61 Å². The molecule has 0 spiro atoms. The van der Waals surface area contributed by atoms with Gasteiger partial charge in [0.25, 0.3) is 5.91 Å². The second kappa shape index (κ2) is 8.45. The number of ether oxygens (including phenoxy) is 1. The second-order valence-corrected chi connectivity index (χ2v) is 7.08. The topological polar surface area (TPSA) is 50.7 Å². The molecule has 1 aliphatic heterocycles. The van der Waals surface area contributed by atoms with Crippen molar-refractivity contribution in [3.63, 3.8) is 0 Å². The lowest BCUT2D eigenvalue weighted by Gasteiger charge is -2.09. The van der Waals surface area contributed by atoms with E-state index in [1.807, 2.05) is 30.3 Å². The van der Waals surface area contributed by atoms with Gasteiger partial charge in [0.05, 0.1) is 20.6 Å². The minimum Gasteiger partial charge on any atom is -0.486 e. The Hall–Kier alpha value is -2.21. The van der Waals surface area contributed by atoms with E-state index in [9.17, 15) is 4.79 Å². The third-order valence-electron chi connectivity index (χ3n) is 3.30. The van der Waals surface area contributed by atoms with Crippen molar-refractivity contribution >= 4 is 57.8 Å². The molecule has 0 bridgehead atoms. The van der Waals surface area contributed by atoms with Gasteiger partial charge in [0.1, 0.15) is 6.61 Å². The average Bonchev–Trinajstić information content (AvgIpc) is 2.94. The molecule has 0 aliphatic carbocycles. The number of nitrogens with one attached hydrogen (secondary N) is 1. The van der Waals surface area contributed by atoms with Gasteiger partial charge in [-0.3, -0.25) is 4.79 Å². The van der Waals surface area contributed by atoms with E-state index in [-0.39, 0.29) is 5.91 Å². The lowest BCUT2D eigenvalue weighted by atomic mass is 10.2. The number of carbonyl (C=O) groups excluding carboxylic acids is 1. The Kier molecular flexibility index (Phi) is 6.04. The standard InChI is InChI=1S/C19H14Cl2N2O2S/c1-2-8-25-17-14(20)9-12(10-15(17)21)11-16-18(24)23-19(26-16)22-13-6-4-3-5-7-13/h2-7,9-11H,1,8H2,(H,22,23,24)/b16-11-. The van der Waals surface area contributed by atoms with Crippen LogP contribution in [0.1, 0.15) is 5.56 Å². The fraction of sp³-hybridized carbons (Fsp3) is 0.0526. The van der Waals surface area contributed by atoms with Crippen molar-refractivity contribution in [2.45, 2.75) is 0 Å². The zero-order chi connectivity index (χ0) is 18.5. The largest absolute Gasteiger partial charge is 0.486 e. The highest BCUT2D eigenvalue weighted by molar-refractivity contribution is 8.18. The molecule has 1 N–H and O–H groups in total. The number of nitrogens with zero attached hydrogens (tertiary/aromatic N) is 1. The van der Waals surface area contributed by atoms with Crippen molar-refractivity contribution in [3.05, 3.63) is 75.6 Å². The van der Waals surface area contributed by atoms with E-state index in [0.717, 1.165) is 5.69 Å². The zero-order valence-electron chi connectivity index (χ0n) is 13.5. The van der Waals surface area contributed by atoms with Crippen LogP contribution < -0.4 is 10.1 Å². The first-order valence-corrected chi connectivity index (χ1v) is 9.21. The minimum absolute atomic E-state index is 0.219. The molecule has 2 aromatic carbocycles. The summed E-state index contributed by atoms with van der Waals surface area (Å²) in [7, 11) is 0. The number of benzene rings is 2. The predicted molar refractivity (Wildman–Crippen MR) is 109 cm³/mol. The molecule has 1 aliphatic rings. The van der Waals surface area contributed by atoms with Crippen molar-refractivity contribution in [2.24, 2.45) is 4.99 Å². The number of aliphatic imine (C=N–C) groups is 1. The van der Waals surface area contributed by atoms with E-state index in [1.54, 1.807) is 24.3 Å². The molecule has 3 rings (SSSR count). The van der Waals surface area contributed by atoms with Crippen molar-refractivity contribution < 1.29 is 9.53 Å². The van der Waals surface area contributed by atoms with Crippen LogP contribution >= 0.6 is 35.0 Å². The Balaban J connectivity index is 1.83. The Labute approximate surface area is 165 Å². The Morgan fingerprint density at radius 3 is 2.54 bits per heavy atom. The maximum atomic E-state index is 12.2. The highest BCUT2D eigenvalue weighted by atomic mass is 35.5. The number of rotatable bonds is 5. The maximum Gasteiger partial charge on any atom is 0.264 e. The van der Waals surface area contributed by atoms with E-state index in [4.69, 9.17) is 27.9 Å². The molecular weight excluding hydrogens is 391 g/mol. The van der Waals surface area contributed by atoms with Gasteiger partial charge in [-0.25, -0.2) is 4.99 Å². The lowest BCUT2D eigenvalue weighted by Crippen LogP contribution is -2.19. The van der Waals surface area contributed by atoms with Crippen LogP contribution in [0.25, 0.3) is 6.08 Å². The average molecular weight is 405 g/mol. The van der Waals surface area contributed by atoms with Crippen LogP contribution in [-0.2, 0) is 4.79 Å². The molecule has 0 radical (unpaired) electrons. The van der Waals surface area contributed by atoms with Gasteiger partial charge in [-0.05, 0) is 47.7 Å². The van der Waals surface area contributed by atoms with E-state index in [0.29, 0.717) is 38.0 Å². The molecule has 132 valence electrons. The molecule has 0 unspecified atom stereocenters. The summed E-state index contributed by atoms with van der Waals surface area (Å²) in [6, 6.07) is 12.8. The summed E-state index contributed by atoms with van der Waals surface area (Å²) in [5, 5.41) is 4.01. The fourth-order valence-corrected chi connectivity index (χ4v) is 3.65. The first-order chi connectivity index (χ1) is 12.6. The highest BCUT2D eigenvalue weighted by Crippen LogP contribution is 2.36. The molecule has 1 amide bonds. The van der Waals surface area contributed by atoms with Gasteiger partial charge in [0.15, 0.2) is 10.9 Å². The van der Waals surface area contributed by atoms with Gasteiger partial charge < -0.3 is 10.1 Å². The van der Waals surface area contributed by atoms with Crippen LogP contribution in [0, 0.1) is 0 Å². The van der Waals surface area contributed by atoms with Gasteiger partial charge in [-0.15, -0.1) is 0 Å². The fourth-order valence-electron chi connectivity index (χ4n) is 2.19. The number of hydrogen-bond donors (Lipinski definition) is 1. The Morgan fingerprint density at radius 2 is 1.88 bits per heavy atom. The summed E-state index contributed by atoms with van der Waals surface area (Å²) >= 11 is 13.7. The number of amidine groups is 1. The Morgan fingerprint density at radius 1 is 1.19 bits per heavy atom. The van der Waals surface area contributed by atoms with Gasteiger partial charge in [0.2, 0.25) is 0 Å². The molecule has 1 heterocycles. The van der Waals surface area contributed by atoms with E-state index < -0.39 is 0 Å². The summed E-state index contributed by atoms with van der Waals surface area (Å²) in [4.78, 5) is 17.1. The maximum absolute atomic E-state index is 12.2. The van der Waals surface area contributed by atoms with Gasteiger partial charge >= 0.3 is 0 Å². The summed E-state index contributed by atoms with van der Waals surface area (Å²) in [6.07, 6.45) is 3.32. The van der Waals surface area contributed by atoms with Gasteiger partial charge in [0, 0.05) is 0 Å². The third-order valence-corrected chi connectivity index (χ3v) is 4.77. The van der Waals surface area contributed by atoms with Crippen LogP contribution in [0.3, 0.4) is 0 Å². The first kappa shape index (κ1) is 18.6. The van der Waals surface area contributed by atoms with Gasteiger partial charge in [-0.1, -0.05) is 54.1 Å². The van der Waals surface area contributed by atoms with Crippen molar-refractivity contribution in [3.8, 4) is 5.75 Å². The number of thioether (sulfide) groups is 1. The molecule has 4 nitrogen and oxygen atoms in total. The zero-order valence-corrected chi connectivity index (χ0v) is 15.9. The molecule has 0 aromatic heterocycles. The van der Waals surface area contributed by atoms with Crippen LogP contribution in [0.5, 0.6) is 5.75 Å². The van der Waals surface area contributed by atoms with Crippen molar-refractivity contribution in [1.82, 2.24) is 5.32 Å². The van der Waals surface area contributed by atoms with E-state index in [1.165, 1.54) is 11.8 Å². The molecule has 7 heteroatoms. The molecule has 1 fully saturated rings. The SMILES string of the molecule is C=CCOc1c(Cl)cc(/C=C2\SC(=Nc3ccccc3)NC2=O)cc1Cl. The summed E-state index contributed by atoms with van der Waals surface area (Å²) < 4.78 is 5.44. The summed E-state index contributed by atoms with van der Waals surface area (Å²) in [6.45, 7) is 3.89. The summed E-state index contributed by atoms with van der Waals surface area (Å²) in [5.41, 5.74) is 1.47.